The fourth-order valence-electron chi connectivity index (χ4n) is 2.32. The van der Waals surface area contributed by atoms with Gasteiger partial charge in [-0.15, -0.1) is 10.2 Å². The number of nitrogens with zero attached hydrogens (tertiary/aromatic N) is 3. The molecule has 130 valence electrons. The normalized spacial score (nSPS) is 17.9. The van der Waals surface area contributed by atoms with Gasteiger partial charge in [0.25, 0.3) is 0 Å². The number of thioether (sulfide) groups is 1. The zero-order valence-electron chi connectivity index (χ0n) is 13.4. The fraction of sp³-hybridized carbons (Fsp3) is 0.533. The van der Waals surface area contributed by atoms with E-state index in [-0.39, 0.29) is 12.0 Å². The Morgan fingerprint density at radius 2 is 2.46 bits per heavy atom. The molecule has 0 aliphatic carbocycles. The Morgan fingerprint density at radius 1 is 1.54 bits per heavy atom. The van der Waals surface area contributed by atoms with E-state index in [4.69, 9.17) is 9.15 Å². The first-order chi connectivity index (χ1) is 11.7. The van der Waals surface area contributed by atoms with E-state index in [0.717, 1.165) is 21.7 Å². The van der Waals surface area contributed by atoms with Gasteiger partial charge in [0.1, 0.15) is 5.76 Å². The molecule has 1 saturated heterocycles. The van der Waals surface area contributed by atoms with Gasteiger partial charge in [0.05, 0.1) is 31.3 Å². The zero-order valence-corrected chi connectivity index (χ0v) is 15.1. The number of carbonyl (C=O) groups is 1. The Balaban J connectivity index is 1.44. The van der Waals surface area contributed by atoms with Crippen LogP contribution in [0, 0.1) is 0 Å². The molecule has 1 fully saturated rings. The van der Waals surface area contributed by atoms with Crippen LogP contribution in [0.3, 0.4) is 0 Å². The molecule has 2 aromatic heterocycles. The number of amides is 1. The van der Waals surface area contributed by atoms with E-state index < -0.39 is 0 Å². The summed E-state index contributed by atoms with van der Waals surface area (Å²) in [4.78, 5) is 14.2. The van der Waals surface area contributed by atoms with E-state index >= 15 is 0 Å². The summed E-state index contributed by atoms with van der Waals surface area (Å²) in [6.45, 7) is 4.61. The summed E-state index contributed by atoms with van der Waals surface area (Å²) in [5, 5.41) is 12.1. The Morgan fingerprint density at radius 3 is 3.25 bits per heavy atom. The van der Waals surface area contributed by atoms with Crippen LogP contribution < -0.4 is 5.32 Å². The Hall–Kier alpha value is -1.58. The number of carbonyl (C=O) groups excluding carboxylic acids is 1. The number of anilines is 1. The van der Waals surface area contributed by atoms with Crippen LogP contribution in [0.25, 0.3) is 0 Å². The molecule has 9 heteroatoms. The summed E-state index contributed by atoms with van der Waals surface area (Å²) >= 11 is 2.87. The van der Waals surface area contributed by atoms with Gasteiger partial charge >= 0.3 is 0 Å². The molecule has 3 rings (SSSR count). The van der Waals surface area contributed by atoms with Crippen LogP contribution in [0.5, 0.6) is 0 Å². The van der Waals surface area contributed by atoms with Gasteiger partial charge in [0.15, 0.2) is 4.34 Å². The zero-order chi connectivity index (χ0) is 16.8. The summed E-state index contributed by atoms with van der Waals surface area (Å²) in [6, 6.07) is 3.74. The van der Waals surface area contributed by atoms with E-state index in [9.17, 15) is 4.79 Å². The van der Waals surface area contributed by atoms with E-state index in [1.54, 1.807) is 6.26 Å². The van der Waals surface area contributed by atoms with Gasteiger partial charge in [-0.1, -0.05) is 30.0 Å². The van der Waals surface area contributed by atoms with Crippen molar-refractivity contribution in [2.24, 2.45) is 0 Å². The third-order valence-corrected chi connectivity index (χ3v) is 5.67. The molecule has 0 spiro atoms. The average molecular weight is 368 g/mol. The molecule has 1 amide bonds. The van der Waals surface area contributed by atoms with Crippen molar-refractivity contribution < 1.29 is 13.9 Å². The topological polar surface area (TPSA) is 80.5 Å². The van der Waals surface area contributed by atoms with Crippen LogP contribution in [0.1, 0.15) is 19.1 Å². The highest BCUT2D eigenvalue weighted by Crippen LogP contribution is 2.26. The summed E-state index contributed by atoms with van der Waals surface area (Å²) in [6.07, 6.45) is 2.73. The summed E-state index contributed by atoms with van der Waals surface area (Å²) in [7, 11) is 0. The predicted octanol–water partition coefficient (Wildman–Crippen LogP) is 2.47. The van der Waals surface area contributed by atoms with Crippen molar-refractivity contribution in [1.82, 2.24) is 15.1 Å². The number of nitrogens with one attached hydrogen (secondary N) is 1. The second-order valence-corrected chi connectivity index (χ2v) is 7.54. The van der Waals surface area contributed by atoms with E-state index in [2.05, 4.69) is 22.4 Å². The fourth-order valence-corrected chi connectivity index (χ4v) is 3.97. The molecule has 0 aromatic carbocycles. The average Bonchev–Trinajstić information content (AvgIpc) is 3.29. The quantitative estimate of drug-likeness (QED) is 0.752. The first-order valence-corrected chi connectivity index (χ1v) is 9.66. The predicted molar refractivity (Wildman–Crippen MR) is 93.3 cm³/mol. The molecule has 7 nitrogen and oxygen atoms in total. The largest absolute Gasteiger partial charge is 0.467 e. The van der Waals surface area contributed by atoms with E-state index in [1.165, 1.54) is 23.1 Å². The van der Waals surface area contributed by atoms with Gasteiger partial charge in [-0.25, -0.2) is 0 Å². The lowest BCUT2D eigenvalue weighted by Crippen LogP contribution is -2.46. The summed E-state index contributed by atoms with van der Waals surface area (Å²) in [5.74, 6) is 1.35. The lowest BCUT2D eigenvalue weighted by molar-refractivity contribution is -0.135. The van der Waals surface area contributed by atoms with Crippen LogP contribution in [-0.4, -0.2) is 52.6 Å². The van der Waals surface area contributed by atoms with Gasteiger partial charge in [0.2, 0.25) is 11.0 Å². The van der Waals surface area contributed by atoms with Gasteiger partial charge in [-0.3, -0.25) is 4.79 Å². The number of rotatable bonds is 7. The Kier molecular flexibility index (Phi) is 6.11. The van der Waals surface area contributed by atoms with Crippen LogP contribution in [0.2, 0.25) is 0 Å². The minimum atomic E-state index is 0.127. The maximum Gasteiger partial charge on any atom is 0.233 e. The van der Waals surface area contributed by atoms with Crippen molar-refractivity contribution in [2.45, 2.75) is 30.3 Å². The monoisotopic (exact) mass is 368 g/mol. The number of hydrogen-bond acceptors (Lipinski definition) is 8. The minimum Gasteiger partial charge on any atom is -0.467 e. The van der Waals surface area contributed by atoms with Crippen molar-refractivity contribution in [3.05, 3.63) is 24.2 Å². The first-order valence-electron chi connectivity index (χ1n) is 7.86. The molecular weight excluding hydrogens is 348 g/mol. The van der Waals surface area contributed by atoms with Crippen LogP contribution in [-0.2, 0) is 16.1 Å². The molecule has 24 heavy (non-hydrogen) atoms. The van der Waals surface area contributed by atoms with Gasteiger partial charge in [0, 0.05) is 13.1 Å². The summed E-state index contributed by atoms with van der Waals surface area (Å²) in [5.41, 5.74) is 0. The maximum atomic E-state index is 12.3. The van der Waals surface area contributed by atoms with Crippen molar-refractivity contribution in [2.75, 3.05) is 30.8 Å². The van der Waals surface area contributed by atoms with Crippen molar-refractivity contribution >= 4 is 34.1 Å². The molecule has 2 aromatic rings. The van der Waals surface area contributed by atoms with Crippen molar-refractivity contribution in [3.63, 3.8) is 0 Å². The number of aromatic nitrogens is 2. The first kappa shape index (κ1) is 17.2. The minimum absolute atomic E-state index is 0.127. The van der Waals surface area contributed by atoms with Crippen LogP contribution in [0.15, 0.2) is 27.2 Å². The number of hydrogen-bond donors (Lipinski definition) is 1. The van der Waals surface area contributed by atoms with Crippen LogP contribution in [0.4, 0.5) is 5.13 Å². The lowest BCUT2D eigenvalue weighted by Gasteiger charge is -2.32. The number of furan rings is 1. The second-order valence-electron chi connectivity index (χ2n) is 5.34. The molecule has 3 heterocycles. The SMILES string of the molecule is CC[C@H]1CN(C(=O)CSc2nnc(NCc3ccco3)s2)CCO1. The third kappa shape index (κ3) is 4.71. The maximum absolute atomic E-state index is 12.3. The molecule has 0 saturated carbocycles. The molecule has 1 aliphatic rings. The molecule has 1 atom stereocenters. The standard InChI is InChI=1S/C15H20N4O3S2/c1-2-11-9-19(5-7-22-11)13(20)10-23-15-18-17-14(24-15)16-8-12-4-3-6-21-12/h3-4,6,11H,2,5,7-10H2,1H3,(H,16,17)/t11-/m0/s1. The molecule has 1 N–H and O–H groups in total. The molecule has 1 aliphatic heterocycles. The highest BCUT2D eigenvalue weighted by Gasteiger charge is 2.23. The van der Waals surface area contributed by atoms with E-state index in [0.29, 0.717) is 32.0 Å². The Labute approximate surface area is 148 Å². The summed E-state index contributed by atoms with van der Waals surface area (Å²) < 4.78 is 11.6. The molecule has 0 radical (unpaired) electrons. The number of ether oxygens (including phenoxy) is 1. The van der Waals surface area contributed by atoms with E-state index in [1.807, 2.05) is 17.0 Å². The molecule has 0 unspecified atom stereocenters. The highest BCUT2D eigenvalue weighted by atomic mass is 32.2. The molecule has 0 bridgehead atoms. The lowest BCUT2D eigenvalue weighted by atomic mass is 10.2. The second kappa shape index (κ2) is 8.50. The number of morpholine rings is 1. The van der Waals surface area contributed by atoms with Gasteiger partial charge in [-0.2, -0.15) is 0 Å². The third-order valence-electron chi connectivity index (χ3n) is 3.67. The van der Waals surface area contributed by atoms with Gasteiger partial charge < -0.3 is 19.4 Å². The molecular formula is C15H20N4O3S2. The highest BCUT2D eigenvalue weighted by molar-refractivity contribution is 8.01. The van der Waals surface area contributed by atoms with Crippen molar-refractivity contribution in [3.8, 4) is 0 Å². The smallest absolute Gasteiger partial charge is 0.233 e. The van der Waals surface area contributed by atoms with Gasteiger partial charge in [-0.05, 0) is 18.6 Å². The Bertz CT molecular complexity index is 647. The van der Waals surface area contributed by atoms with Crippen molar-refractivity contribution in [1.29, 1.82) is 0 Å². The van der Waals surface area contributed by atoms with Crippen LogP contribution >= 0.6 is 23.1 Å².